The zero-order valence-corrected chi connectivity index (χ0v) is 17.3. The molecule has 0 bridgehead atoms. The highest BCUT2D eigenvalue weighted by Gasteiger charge is 2.22. The number of anilines is 1. The van der Waals surface area contributed by atoms with Gasteiger partial charge in [-0.3, -0.25) is 9.89 Å². The number of sulfone groups is 1. The summed E-state index contributed by atoms with van der Waals surface area (Å²) in [4.78, 5) is 11.4. The van der Waals surface area contributed by atoms with E-state index in [0.29, 0.717) is 19.6 Å². The summed E-state index contributed by atoms with van der Waals surface area (Å²) >= 11 is 0. The van der Waals surface area contributed by atoms with E-state index in [2.05, 4.69) is 26.9 Å². The molecule has 0 unspecified atom stereocenters. The lowest BCUT2D eigenvalue weighted by atomic mass is 10.2. The fraction of sp³-hybridized carbons (Fsp3) is 0.632. The molecule has 3 rings (SSSR count). The number of aliphatic imine (C=N–C) groups is 1. The van der Waals surface area contributed by atoms with Crippen LogP contribution in [0.2, 0.25) is 0 Å². The first-order valence-electron chi connectivity index (χ1n) is 9.93. The summed E-state index contributed by atoms with van der Waals surface area (Å²) in [6.07, 6.45) is 0. The van der Waals surface area contributed by atoms with Crippen molar-refractivity contribution in [2.24, 2.45) is 4.99 Å². The van der Waals surface area contributed by atoms with Gasteiger partial charge in [0.15, 0.2) is 15.8 Å². The molecule has 1 aromatic carbocycles. The Hall–Kier alpha value is -1.87. The average molecular weight is 412 g/mol. The van der Waals surface area contributed by atoms with Gasteiger partial charge in [-0.25, -0.2) is 12.8 Å². The lowest BCUT2D eigenvalue weighted by Crippen LogP contribution is -2.52. The Labute approximate surface area is 167 Å². The van der Waals surface area contributed by atoms with Crippen LogP contribution in [-0.4, -0.2) is 94.6 Å². The summed E-state index contributed by atoms with van der Waals surface area (Å²) in [5.41, 5.74) is 1.04. The van der Waals surface area contributed by atoms with E-state index in [1.165, 1.54) is 12.1 Å². The van der Waals surface area contributed by atoms with Crippen LogP contribution in [0, 0.1) is 5.82 Å². The van der Waals surface area contributed by atoms with Gasteiger partial charge in [0.05, 0.1) is 18.1 Å². The summed E-state index contributed by atoms with van der Waals surface area (Å²) in [6, 6.07) is 6.64. The van der Waals surface area contributed by atoms with Crippen molar-refractivity contribution >= 4 is 21.5 Å². The van der Waals surface area contributed by atoms with Crippen LogP contribution in [0.15, 0.2) is 29.3 Å². The maximum atomic E-state index is 13.1. The maximum Gasteiger partial charge on any atom is 0.194 e. The molecule has 1 aromatic rings. The summed E-state index contributed by atoms with van der Waals surface area (Å²) in [7, 11) is -2.84. The molecule has 2 saturated heterocycles. The Balaban J connectivity index is 1.50. The second-order valence-electron chi connectivity index (χ2n) is 7.18. The highest BCUT2D eigenvalue weighted by molar-refractivity contribution is 7.91. The van der Waals surface area contributed by atoms with E-state index in [4.69, 9.17) is 4.99 Å². The van der Waals surface area contributed by atoms with Crippen molar-refractivity contribution < 1.29 is 12.8 Å². The largest absolute Gasteiger partial charge is 0.368 e. The molecule has 9 heteroatoms. The minimum absolute atomic E-state index is 0.213. The highest BCUT2D eigenvalue weighted by atomic mass is 32.2. The van der Waals surface area contributed by atoms with Crippen LogP contribution >= 0.6 is 0 Å². The van der Waals surface area contributed by atoms with Gasteiger partial charge in [0.25, 0.3) is 0 Å². The first-order chi connectivity index (χ1) is 13.5. The van der Waals surface area contributed by atoms with Crippen LogP contribution in [0.25, 0.3) is 0 Å². The zero-order valence-electron chi connectivity index (χ0n) is 16.5. The molecule has 0 radical (unpaired) electrons. The minimum atomic E-state index is -2.84. The summed E-state index contributed by atoms with van der Waals surface area (Å²) < 4.78 is 36.2. The number of hydrogen-bond donors (Lipinski definition) is 1. The Kier molecular flexibility index (Phi) is 7.12. The molecule has 0 spiro atoms. The number of hydrogen-bond acceptors (Lipinski definition) is 5. The Morgan fingerprint density at radius 2 is 1.71 bits per heavy atom. The molecule has 0 saturated carbocycles. The number of halogens is 1. The molecule has 0 amide bonds. The number of nitrogens with zero attached hydrogens (tertiary/aromatic N) is 4. The van der Waals surface area contributed by atoms with Crippen molar-refractivity contribution in [1.82, 2.24) is 15.1 Å². The fourth-order valence-electron chi connectivity index (χ4n) is 3.53. The van der Waals surface area contributed by atoms with Crippen LogP contribution in [0.5, 0.6) is 0 Å². The van der Waals surface area contributed by atoms with E-state index in [0.717, 1.165) is 50.9 Å². The van der Waals surface area contributed by atoms with Crippen LogP contribution in [0.1, 0.15) is 6.92 Å². The van der Waals surface area contributed by atoms with Crippen LogP contribution in [-0.2, 0) is 9.84 Å². The quantitative estimate of drug-likeness (QED) is 0.567. The molecular weight excluding hydrogens is 381 g/mol. The first kappa shape index (κ1) is 20.9. The number of nitrogens with one attached hydrogen (secondary N) is 1. The van der Waals surface area contributed by atoms with Gasteiger partial charge >= 0.3 is 0 Å². The molecule has 7 nitrogen and oxygen atoms in total. The van der Waals surface area contributed by atoms with Gasteiger partial charge in [-0.1, -0.05) is 0 Å². The predicted octanol–water partition coefficient (Wildman–Crippen LogP) is 0.644. The molecule has 1 N–H and O–H groups in total. The molecule has 2 heterocycles. The van der Waals surface area contributed by atoms with E-state index < -0.39 is 9.84 Å². The topological polar surface area (TPSA) is 68.2 Å². The fourth-order valence-corrected chi connectivity index (χ4v) is 4.80. The Bertz CT molecular complexity index is 747. The number of piperazine rings is 1. The second kappa shape index (κ2) is 9.56. The number of benzene rings is 1. The molecule has 0 aliphatic carbocycles. The normalized spacial score (nSPS) is 21.0. The maximum absolute atomic E-state index is 13.1. The third kappa shape index (κ3) is 5.81. The SMILES string of the molecule is CCNC(=NCCN1CCS(=O)(=O)CC1)N1CCN(c2ccc(F)cc2)CC1. The summed E-state index contributed by atoms with van der Waals surface area (Å²) in [5.74, 6) is 1.20. The molecule has 28 heavy (non-hydrogen) atoms. The van der Waals surface area contributed by atoms with Gasteiger partial charge < -0.3 is 15.1 Å². The van der Waals surface area contributed by atoms with Gasteiger partial charge in [-0.2, -0.15) is 0 Å². The lowest BCUT2D eigenvalue weighted by Gasteiger charge is -2.37. The third-order valence-corrected chi connectivity index (χ3v) is 6.83. The predicted molar refractivity (Wildman–Crippen MR) is 111 cm³/mol. The molecule has 0 atom stereocenters. The van der Waals surface area contributed by atoms with E-state index in [-0.39, 0.29) is 17.3 Å². The van der Waals surface area contributed by atoms with Crippen molar-refractivity contribution in [3.05, 3.63) is 30.1 Å². The van der Waals surface area contributed by atoms with Crippen LogP contribution < -0.4 is 10.2 Å². The van der Waals surface area contributed by atoms with Gasteiger partial charge in [0.2, 0.25) is 0 Å². The van der Waals surface area contributed by atoms with Crippen LogP contribution in [0.3, 0.4) is 0 Å². The van der Waals surface area contributed by atoms with E-state index in [1.54, 1.807) is 0 Å². The van der Waals surface area contributed by atoms with Gasteiger partial charge in [0.1, 0.15) is 5.82 Å². The zero-order chi connectivity index (χ0) is 20.0. The molecule has 0 aromatic heterocycles. The minimum Gasteiger partial charge on any atom is -0.368 e. The number of guanidine groups is 1. The third-order valence-electron chi connectivity index (χ3n) is 5.22. The molecule has 156 valence electrons. The molecule has 2 aliphatic heterocycles. The van der Waals surface area contributed by atoms with E-state index >= 15 is 0 Å². The molecular formula is C19H30FN5O2S. The van der Waals surface area contributed by atoms with Crippen molar-refractivity contribution in [1.29, 1.82) is 0 Å². The van der Waals surface area contributed by atoms with Crippen molar-refractivity contribution in [3.8, 4) is 0 Å². The summed E-state index contributed by atoms with van der Waals surface area (Å²) in [6.45, 7) is 8.92. The Morgan fingerprint density at radius 3 is 2.32 bits per heavy atom. The van der Waals surface area contributed by atoms with Crippen molar-refractivity contribution in [2.45, 2.75) is 6.92 Å². The number of rotatable bonds is 5. The average Bonchev–Trinajstić information content (AvgIpc) is 2.69. The first-order valence-corrected chi connectivity index (χ1v) is 11.8. The smallest absolute Gasteiger partial charge is 0.194 e. The van der Waals surface area contributed by atoms with Crippen molar-refractivity contribution in [3.63, 3.8) is 0 Å². The van der Waals surface area contributed by atoms with Gasteiger partial charge in [-0.05, 0) is 31.2 Å². The highest BCUT2D eigenvalue weighted by Crippen LogP contribution is 2.17. The van der Waals surface area contributed by atoms with Gasteiger partial charge in [-0.15, -0.1) is 0 Å². The monoisotopic (exact) mass is 411 g/mol. The summed E-state index contributed by atoms with van der Waals surface area (Å²) in [5, 5.41) is 3.36. The van der Waals surface area contributed by atoms with Crippen LogP contribution in [0.4, 0.5) is 10.1 Å². The molecule has 2 fully saturated rings. The second-order valence-corrected chi connectivity index (χ2v) is 9.48. The Morgan fingerprint density at radius 1 is 1.07 bits per heavy atom. The van der Waals surface area contributed by atoms with E-state index in [9.17, 15) is 12.8 Å². The lowest BCUT2D eigenvalue weighted by molar-refractivity contribution is 0.302. The standard InChI is InChI=1S/C19H30FN5O2S/c1-2-21-19(22-7-8-23-13-15-28(26,27)16-14-23)25-11-9-24(10-12-25)18-5-3-17(20)4-6-18/h3-6H,2,7-16H2,1H3,(H,21,22). The van der Waals surface area contributed by atoms with Gasteiger partial charge in [0, 0.05) is 58.0 Å². The molecule has 2 aliphatic rings. The van der Waals surface area contributed by atoms with Crippen molar-refractivity contribution in [2.75, 3.05) is 75.3 Å². The van der Waals surface area contributed by atoms with E-state index in [1.807, 2.05) is 12.1 Å².